The monoisotopic (exact) mass is 633 g/mol. The molecule has 1 aliphatic rings. The molecule has 1 amide bonds. The molecule has 1 aromatic heterocycles. The number of ether oxygens (including phenoxy) is 3. The molecule has 42 heavy (non-hydrogen) atoms. The van der Waals surface area contributed by atoms with Crippen molar-refractivity contribution in [2.45, 2.75) is 40.2 Å². The number of amides is 1. The van der Waals surface area contributed by atoms with E-state index in [1.165, 1.54) is 4.90 Å². The van der Waals surface area contributed by atoms with E-state index in [0.29, 0.717) is 58.4 Å². The van der Waals surface area contributed by atoms with Crippen LogP contribution in [0.3, 0.4) is 0 Å². The van der Waals surface area contributed by atoms with Crippen LogP contribution in [0.15, 0.2) is 74.3 Å². The minimum Gasteiger partial charge on any atom is -0.490 e. The summed E-state index contributed by atoms with van der Waals surface area (Å²) in [4.78, 5) is 41.8. The predicted octanol–water partition coefficient (Wildman–Crippen LogP) is 7.31. The second kappa shape index (κ2) is 12.4. The Hall–Kier alpha value is -4.11. The van der Waals surface area contributed by atoms with Gasteiger partial charge < -0.3 is 18.6 Å². The normalized spacial score (nSPS) is 14.4. The molecule has 218 valence electrons. The smallest absolute Gasteiger partial charge is 0.338 e. The summed E-state index contributed by atoms with van der Waals surface area (Å²) in [7, 11) is 0. The number of halogens is 1. The number of hydrogen-bond donors (Lipinski definition) is 0. The molecule has 1 atom stereocenters. The number of fused-ring (bicyclic) bond motifs is 2. The van der Waals surface area contributed by atoms with E-state index in [9.17, 15) is 14.4 Å². The summed E-state index contributed by atoms with van der Waals surface area (Å²) in [6.07, 6.45) is 0.886. The van der Waals surface area contributed by atoms with Crippen molar-refractivity contribution in [2.75, 3.05) is 24.7 Å². The Labute approximate surface area is 252 Å². The van der Waals surface area contributed by atoms with Crippen LogP contribution in [0.1, 0.15) is 72.2 Å². The van der Waals surface area contributed by atoms with Gasteiger partial charge in [-0.05, 0) is 86.3 Å². The Balaban J connectivity index is 1.66. The van der Waals surface area contributed by atoms with Crippen LogP contribution in [0.2, 0.25) is 0 Å². The van der Waals surface area contributed by atoms with Crippen molar-refractivity contribution in [1.82, 2.24) is 0 Å². The lowest BCUT2D eigenvalue weighted by Crippen LogP contribution is -2.29. The van der Waals surface area contributed by atoms with Gasteiger partial charge in [0.1, 0.15) is 5.58 Å². The quantitative estimate of drug-likeness (QED) is 0.169. The van der Waals surface area contributed by atoms with Crippen LogP contribution < -0.4 is 19.8 Å². The summed E-state index contributed by atoms with van der Waals surface area (Å²) in [5.41, 5.74) is 1.75. The van der Waals surface area contributed by atoms with Crippen LogP contribution in [-0.4, -0.2) is 31.7 Å². The zero-order chi connectivity index (χ0) is 30.0. The summed E-state index contributed by atoms with van der Waals surface area (Å²) < 4.78 is 23.9. The lowest BCUT2D eigenvalue weighted by molar-refractivity contribution is 0.0526. The first-order valence-electron chi connectivity index (χ1n) is 14.0. The van der Waals surface area contributed by atoms with Crippen LogP contribution in [0.5, 0.6) is 11.5 Å². The summed E-state index contributed by atoms with van der Waals surface area (Å²) in [5, 5.41) is 0.360. The number of carbonyl (C=O) groups is 2. The molecule has 0 fully saturated rings. The van der Waals surface area contributed by atoms with Gasteiger partial charge in [-0.2, -0.15) is 0 Å². The summed E-state index contributed by atoms with van der Waals surface area (Å²) in [6, 6.07) is 16.3. The third-order valence-electron chi connectivity index (χ3n) is 7.02. The van der Waals surface area contributed by atoms with E-state index in [4.69, 9.17) is 18.6 Å². The number of anilines is 1. The van der Waals surface area contributed by atoms with E-state index in [1.807, 2.05) is 25.1 Å². The molecule has 0 saturated heterocycles. The molecule has 0 aliphatic carbocycles. The highest BCUT2D eigenvalue weighted by Gasteiger charge is 2.44. The largest absolute Gasteiger partial charge is 0.490 e. The van der Waals surface area contributed by atoms with Gasteiger partial charge in [0.25, 0.3) is 5.91 Å². The minimum atomic E-state index is -0.815. The topological polar surface area (TPSA) is 95.3 Å². The van der Waals surface area contributed by atoms with Crippen molar-refractivity contribution >= 4 is 44.5 Å². The molecule has 2 heterocycles. The van der Waals surface area contributed by atoms with E-state index < -0.39 is 17.9 Å². The summed E-state index contributed by atoms with van der Waals surface area (Å²) >= 11 is 3.44. The fourth-order valence-electron chi connectivity index (χ4n) is 4.99. The number of esters is 1. The molecule has 1 aliphatic heterocycles. The molecule has 9 heteroatoms. The van der Waals surface area contributed by atoms with E-state index in [1.54, 1.807) is 49.4 Å². The summed E-state index contributed by atoms with van der Waals surface area (Å²) in [5.74, 6) is 0.648. The average molecular weight is 635 g/mol. The molecular weight excluding hydrogens is 602 g/mol. The first kappa shape index (κ1) is 29.4. The molecule has 5 rings (SSSR count). The predicted molar refractivity (Wildman–Crippen MR) is 164 cm³/mol. The van der Waals surface area contributed by atoms with Gasteiger partial charge in [-0.15, -0.1) is 0 Å². The van der Waals surface area contributed by atoms with Crippen LogP contribution >= 0.6 is 15.9 Å². The van der Waals surface area contributed by atoms with Crippen molar-refractivity contribution in [3.8, 4) is 11.5 Å². The molecule has 0 spiro atoms. The van der Waals surface area contributed by atoms with Crippen molar-refractivity contribution in [2.24, 2.45) is 5.92 Å². The number of rotatable bonds is 10. The Morgan fingerprint density at radius 3 is 2.40 bits per heavy atom. The molecule has 1 unspecified atom stereocenters. The first-order valence-corrected chi connectivity index (χ1v) is 14.8. The van der Waals surface area contributed by atoms with E-state index in [2.05, 4.69) is 29.8 Å². The van der Waals surface area contributed by atoms with Crippen LogP contribution in [0.4, 0.5) is 5.69 Å². The number of carbonyl (C=O) groups excluding carboxylic acids is 2. The molecule has 0 saturated carbocycles. The SMILES string of the molecule is CCOC(=O)c1ccc(N2C(=O)c3oc4ccc(Br)cc4c(=O)c3C2c2ccc(OCCC(C)C)c(OCC)c2)cc1. The molecule has 0 N–H and O–H groups in total. The standard InChI is InChI=1S/C33H32BrNO7/c1-5-39-27-17-21(9-13-26(27)41-16-15-19(3)4)29-28-30(36)24-18-22(34)10-14-25(24)42-31(28)32(37)35(29)23-11-7-20(8-12-23)33(38)40-6-2/h7-14,17-19,29H,5-6,15-16H2,1-4H3. The summed E-state index contributed by atoms with van der Waals surface area (Å²) in [6.45, 7) is 9.07. The average Bonchev–Trinajstić information content (AvgIpc) is 3.26. The molecule has 0 radical (unpaired) electrons. The molecule has 0 bridgehead atoms. The second-order valence-electron chi connectivity index (χ2n) is 10.3. The van der Waals surface area contributed by atoms with Crippen LogP contribution in [-0.2, 0) is 4.74 Å². The highest BCUT2D eigenvalue weighted by Crippen LogP contribution is 2.43. The van der Waals surface area contributed by atoms with Crippen molar-refractivity contribution < 1.29 is 28.2 Å². The Kier molecular flexibility index (Phi) is 8.68. The van der Waals surface area contributed by atoms with Crippen LogP contribution in [0, 0.1) is 5.92 Å². The van der Waals surface area contributed by atoms with Crippen molar-refractivity contribution in [3.05, 3.63) is 97.8 Å². The molecule has 4 aromatic rings. The molecular formula is C33H32BrNO7. The van der Waals surface area contributed by atoms with Gasteiger partial charge in [0, 0.05) is 10.2 Å². The first-order chi connectivity index (χ1) is 20.2. The van der Waals surface area contributed by atoms with Gasteiger partial charge in [-0.3, -0.25) is 14.5 Å². The van der Waals surface area contributed by atoms with Crippen molar-refractivity contribution in [3.63, 3.8) is 0 Å². The van der Waals surface area contributed by atoms with E-state index >= 15 is 0 Å². The van der Waals surface area contributed by atoms with Gasteiger partial charge in [-0.25, -0.2) is 4.79 Å². The van der Waals surface area contributed by atoms with Crippen LogP contribution in [0.25, 0.3) is 11.0 Å². The maximum absolute atomic E-state index is 14.0. The highest BCUT2D eigenvalue weighted by molar-refractivity contribution is 9.10. The fraction of sp³-hybridized carbons (Fsp3) is 0.303. The van der Waals surface area contributed by atoms with Gasteiger partial charge in [0.2, 0.25) is 5.76 Å². The van der Waals surface area contributed by atoms with E-state index in [-0.39, 0.29) is 23.4 Å². The Morgan fingerprint density at radius 1 is 0.952 bits per heavy atom. The maximum Gasteiger partial charge on any atom is 0.338 e. The minimum absolute atomic E-state index is 0.0236. The van der Waals surface area contributed by atoms with Gasteiger partial charge in [-0.1, -0.05) is 35.8 Å². The van der Waals surface area contributed by atoms with Gasteiger partial charge in [0.15, 0.2) is 16.9 Å². The Bertz CT molecular complexity index is 1690. The lowest BCUT2D eigenvalue weighted by Gasteiger charge is -2.26. The zero-order valence-corrected chi connectivity index (χ0v) is 25.5. The van der Waals surface area contributed by atoms with Crippen molar-refractivity contribution in [1.29, 1.82) is 0 Å². The third kappa shape index (κ3) is 5.66. The molecule has 3 aromatic carbocycles. The lowest BCUT2D eigenvalue weighted by atomic mass is 9.97. The molecule has 8 nitrogen and oxygen atoms in total. The zero-order valence-electron chi connectivity index (χ0n) is 23.9. The highest BCUT2D eigenvalue weighted by atomic mass is 79.9. The third-order valence-corrected chi connectivity index (χ3v) is 7.52. The number of hydrogen-bond acceptors (Lipinski definition) is 7. The van der Waals surface area contributed by atoms with E-state index in [0.717, 1.165) is 10.9 Å². The Morgan fingerprint density at radius 2 is 1.71 bits per heavy atom. The number of nitrogens with zero attached hydrogens (tertiary/aromatic N) is 1. The maximum atomic E-state index is 14.0. The van der Waals surface area contributed by atoms with Gasteiger partial charge in [0.05, 0.1) is 42.4 Å². The number of benzene rings is 3. The fourth-order valence-corrected chi connectivity index (χ4v) is 5.35. The van der Waals surface area contributed by atoms with Gasteiger partial charge >= 0.3 is 5.97 Å². The second-order valence-corrected chi connectivity index (χ2v) is 11.2.